The van der Waals surface area contributed by atoms with Crippen LogP contribution in [0.5, 0.6) is 5.75 Å². The van der Waals surface area contributed by atoms with E-state index in [-0.39, 0.29) is 12.0 Å². The molecule has 17 heavy (non-hydrogen) atoms. The van der Waals surface area contributed by atoms with Crippen LogP contribution in [0, 0.1) is 13.8 Å². The van der Waals surface area contributed by atoms with Gasteiger partial charge >= 0.3 is 0 Å². The van der Waals surface area contributed by atoms with Crippen LogP contribution in [0.4, 0.5) is 11.4 Å². The van der Waals surface area contributed by atoms with Crippen molar-refractivity contribution in [2.45, 2.75) is 33.3 Å². The molecular weight excluding hydrogens is 216 g/mol. The highest BCUT2D eigenvalue weighted by Crippen LogP contribution is 2.41. The number of nitrogens with zero attached hydrogens (tertiary/aromatic N) is 1. The maximum absolute atomic E-state index is 12.1. The summed E-state index contributed by atoms with van der Waals surface area (Å²) in [7, 11) is 1.78. The lowest BCUT2D eigenvalue weighted by Crippen LogP contribution is -2.44. The lowest BCUT2D eigenvalue weighted by atomic mass is 10.0. The van der Waals surface area contributed by atoms with E-state index in [4.69, 9.17) is 10.5 Å². The highest BCUT2D eigenvalue weighted by Gasteiger charge is 2.33. The zero-order valence-corrected chi connectivity index (χ0v) is 10.7. The van der Waals surface area contributed by atoms with Crippen molar-refractivity contribution in [1.29, 1.82) is 0 Å². The molecule has 1 atom stereocenters. The van der Waals surface area contributed by atoms with Crippen LogP contribution in [0.1, 0.15) is 24.5 Å². The Hall–Kier alpha value is -1.71. The number of carbonyl (C=O) groups excluding carboxylic acids is 1. The first-order valence-corrected chi connectivity index (χ1v) is 5.81. The van der Waals surface area contributed by atoms with Gasteiger partial charge in [0.25, 0.3) is 5.91 Å². The van der Waals surface area contributed by atoms with E-state index in [9.17, 15) is 4.79 Å². The van der Waals surface area contributed by atoms with Crippen LogP contribution >= 0.6 is 0 Å². The average Bonchev–Trinajstić information content (AvgIpc) is 2.29. The van der Waals surface area contributed by atoms with Crippen LogP contribution in [-0.4, -0.2) is 19.1 Å². The monoisotopic (exact) mass is 234 g/mol. The number of hydrogen-bond acceptors (Lipinski definition) is 3. The van der Waals surface area contributed by atoms with E-state index >= 15 is 0 Å². The molecule has 1 aromatic carbocycles. The summed E-state index contributed by atoms with van der Waals surface area (Å²) in [5, 5.41) is 0. The number of amides is 1. The SMILES string of the molecule is CCC1Oc2c(C)cc(N)c(C)c2N(C)C1=O. The zero-order valence-electron chi connectivity index (χ0n) is 10.7. The molecular formula is C13H18N2O2. The van der Waals surface area contributed by atoms with E-state index in [1.165, 1.54) is 0 Å². The van der Waals surface area contributed by atoms with E-state index in [0.29, 0.717) is 12.1 Å². The maximum atomic E-state index is 12.1. The smallest absolute Gasteiger partial charge is 0.267 e. The number of nitrogens with two attached hydrogens (primary N) is 1. The van der Waals surface area contributed by atoms with Gasteiger partial charge in [0.15, 0.2) is 6.10 Å². The number of likely N-dealkylation sites (N-methyl/N-ethyl adjacent to an activating group) is 1. The van der Waals surface area contributed by atoms with Crippen LogP contribution < -0.4 is 15.4 Å². The molecule has 0 radical (unpaired) electrons. The fraction of sp³-hybridized carbons (Fsp3) is 0.462. The Morgan fingerprint density at radius 1 is 1.47 bits per heavy atom. The number of fused-ring (bicyclic) bond motifs is 1. The van der Waals surface area contributed by atoms with Crippen LogP contribution in [-0.2, 0) is 4.79 Å². The van der Waals surface area contributed by atoms with Gasteiger partial charge in [-0.1, -0.05) is 6.92 Å². The summed E-state index contributed by atoms with van der Waals surface area (Å²) in [5.41, 5.74) is 9.30. The minimum absolute atomic E-state index is 0.00639. The molecule has 1 aliphatic heterocycles. The summed E-state index contributed by atoms with van der Waals surface area (Å²) in [6, 6.07) is 1.89. The van der Waals surface area contributed by atoms with Crippen LogP contribution in [0.3, 0.4) is 0 Å². The molecule has 1 heterocycles. The first kappa shape index (κ1) is 11.8. The molecule has 0 fully saturated rings. The third-order valence-corrected chi connectivity index (χ3v) is 3.31. The second-order valence-corrected chi connectivity index (χ2v) is 4.50. The van der Waals surface area contributed by atoms with Crippen molar-refractivity contribution in [1.82, 2.24) is 0 Å². The molecule has 1 aromatic rings. The minimum Gasteiger partial charge on any atom is -0.478 e. The molecule has 0 aliphatic carbocycles. The molecule has 0 bridgehead atoms. The van der Waals surface area contributed by atoms with Gasteiger partial charge in [-0.3, -0.25) is 4.79 Å². The lowest BCUT2D eigenvalue weighted by molar-refractivity contribution is -0.126. The quantitative estimate of drug-likeness (QED) is 0.756. The molecule has 0 saturated carbocycles. The number of hydrogen-bond donors (Lipinski definition) is 1. The van der Waals surface area contributed by atoms with Crippen molar-refractivity contribution in [3.8, 4) is 5.75 Å². The zero-order chi connectivity index (χ0) is 12.7. The van der Waals surface area contributed by atoms with Gasteiger partial charge in [-0.15, -0.1) is 0 Å². The summed E-state index contributed by atoms with van der Waals surface area (Å²) in [6.45, 7) is 5.80. The van der Waals surface area contributed by atoms with Crippen LogP contribution in [0.25, 0.3) is 0 Å². The molecule has 4 heteroatoms. The molecule has 1 aliphatic rings. The molecule has 0 aromatic heterocycles. The number of ether oxygens (including phenoxy) is 1. The van der Waals surface area contributed by atoms with Crippen LogP contribution in [0.15, 0.2) is 6.07 Å². The Kier molecular flexibility index (Phi) is 2.73. The number of nitrogen functional groups attached to an aromatic ring is 1. The topological polar surface area (TPSA) is 55.6 Å². The van der Waals surface area contributed by atoms with Gasteiger partial charge in [0.05, 0.1) is 5.69 Å². The van der Waals surface area contributed by atoms with E-state index in [1.54, 1.807) is 11.9 Å². The standard InChI is InChI=1S/C13H18N2O2/c1-5-10-13(16)15(4)11-8(3)9(14)6-7(2)12(11)17-10/h6,10H,5,14H2,1-4H3. The Labute approximate surface area is 101 Å². The lowest BCUT2D eigenvalue weighted by Gasteiger charge is -2.34. The van der Waals surface area contributed by atoms with Crippen molar-refractivity contribution < 1.29 is 9.53 Å². The van der Waals surface area contributed by atoms with Gasteiger partial charge in [-0.05, 0) is 37.5 Å². The predicted octanol–water partition coefficient (Wildman–Crippen LogP) is 2.02. The number of aryl methyl sites for hydroxylation is 1. The minimum atomic E-state index is -0.380. The van der Waals surface area contributed by atoms with Gasteiger partial charge in [0.1, 0.15) is 5.75 Å². The van der Waals surface area contributed by atoms with Crippen molar-refractivity contribution in [3.63, 3.8) is 0 Å². The molecule has 92 valence electrons. The number of anilines is 2. The Bertz CT molecular complexity index is 483. The molecule has 1 unspecified atom stereocenters. The molecule has 2 rings (SSSR count). The number of benzene rings is 1. The summed E-state index contributed by atoms with van der Waals surface area (Å²) in [5.74, 6) is 0.777. The van der Waals surface area contributed by atoms with E-state index in [2.05, 4.69) is 0 Å². The highest BCUT2D eigenvalue weighted by molar-refractivity contribution is 6.01. The molecule has 2 N–H and O–H groups in total. The molecule has 0 spiro atoms. The number of rotatable bonds is 1. The fourth-order valence-corrected chi connectivity index (χ4v) is 2.23. The summed E-state index contributed by atoms with van der Waals surface area (Å²) in [4.78, 5) is 13.7. The van der Waals surface area contributed by atoms with Crippen molar-refractivity contribution in [2.24, 2.45) is 0 Å². The van der Waals surface area contributed by atoms with Gasteiger partial charge < -0.3 is 15.4 Å². The summed E-state index contributed by atoms with van der Waals surface area (Å²) in [6.07, 6.45) is 0.292. The first-order valence-electron chi connectivity index (χ1n) is 5.81. The van der Waals surface area contributed by atoms with Crippen molar-refractivity contribution in [3.05, 3.63) is 17.2 Å². The Balaban J connectivity index is 2.64. The maximum Gasteiger partial charge on any atom is 0.267 e. The Morgan fingerprint density at radius 2 is 2.12 bits per heavy atom. The Morgan fingerprint density at radius 3 is 2.71 bits per heavy atom. The first-order chi connectivity index (χ1) is 7.97. The van der Waals surface area contributed by atoms with E-state index in [0.717, 1.165) is 22.6 Å². The average molecular weight is 234 g/mol. The molecule has 1 amide bonds. The largest absolute Gasteiger partial charge is 0.478 e. The van der Waals surface area contributed by atoms with Crippen molar-refractivity contribution >= 4 is 17.3 Å². The predicted molar refractivity (Wildman–Crippen MR) is 68.4 cm³/mol. The van der Waals surface area contributed by atoms with Gasteiger partial charge in [0, 0.05) is 12.7 Å². The second kappa shape index (κ2) is 3.95. The third kappa shape index (κ3) is 1.64. The van der Waals surface area contributed by atoms with E-state index in [1.807, 2.05) is 26.8 Å². The van der Waals surface area contributed by atoms with E-state index < -0.39 is 0 Å². The fourth-order valence-electron chi connectivity index (χ4n) is 2.23. The summed E-state index contributed by atoms with van der Waals surface area (Å²) >= 11 is 0. The highest BCUT2D eigenvalue weighted by atomic mass is 16.5. The third-order valence-electron chi connectivity index (χ3n) is 3.31. The molecule has 4 nitrogen and oxygen atoms in total. The van der Waals surface area contributed by atoms with Gasteiger partial charge in [0.2, 0.25) is 0 Å². The van der Waals surface area contributed by atoms with Gasteiger partial charge in [-0.25, -0.2) is 0 Å². The summed E-state index contributed by atoms with van der Waals surface area (Å²) < 4.78 is 5.78. The molecule has 0 saturated heterocycles. The number of carbonyl (C=O) groups is 1. The van der Waals surface area contributed by atoms with Crippen molar-refractivity contribution in [2.75, 3.05) is 17.7 Å². The van der Waals surface area contributed by atoms with Crippen LogP contribution in [0.2, 0.25) is 0 Å². The normalized spacial score (nSPS) is 18.9. The van der Waals surface area contributed by atoms with Gasteiger partial charge in [-0.2, -0.15) is 0 Å². The second-order valence-electron chi connectivity index (χ2n) is 4.50.